The number of nitrogens with one attached hydrogen (secondary N) is 1. The van der Waals surface area contributed by atoms with Crippen molar-refractivity contribution in [3.8, 4) is 22.5 Å². The van der Waals surface area contributed by atoms with E-state index >= 15 is 0 Å². The number of hydrogen-bond donors (Lipinski definition) is 1. The topological polar surface area (TPSA) is 85.2 Å². The van der Waals surface area contributed by atoms with E-state index in [1.54, 1.807) is 11.3 Å². The Morgan fingerprint density at radius 2 is 1.79 bits per heavy atom. The minimum Gasteiger partial charge on any atom is -0.245 e. The van der Waals surface area contributed by atoms with Crippen LogP contribution in [0.25, 0.3) is 22.5 Å². The summed E-state index contributed by atoms with van der Waals surface area (Å²) in [6.45, 7) is 2.94. The molecule has 7 nitrogen and oxygen atoms in total. The van der Waals surface area contributed by atoms with Crippen LogP contribution < -0.4 is 0 Å². The lowest BCUT2D eigenvalue weighted by Gasteiger charge is -2.09. The summed E-state index contributed by atoms with van der Waals surface area (Å²) in [5.74, 6) is 2.57. The fourth-order valence-electron chi connectivity index (χ4n) is 4.08. The zero-order chi connectivity index (χ0) is 23.2. The fraction of sp³-hybridized carbons (Fsp3) is 0.269. The maximum absolute atomic E-state index is 4.89. The normalized spacial score (nSPS) is 11.2. The van der Waals surface area contributed by atoms with Gasteiger partial charge in [-0.1, -0.05) is 74.4 Å². The molecule has 0 radical (unpaired) electrons. The van der Waals surface area contributed by atoms with Gasteiger partial charge in [0.15, 0.2) is 5.82 Å². The van der Waals surface area contributed by atoms with Crippen molar-refractivity contribution in [2.45, 2.75) is 45.6 Å². The van der Waals surface area contributed by atoms with E-state index in [2.05, 4.69) is 80.1 Å². The van der Waals surface area contributed by atoms with Crippen molar-refractivity contribution in [1.29, 1.82) is 0 Å². The highest BCUT2D eigenvalue weighted by Crippen LogP contribution is 2.29. The quantitative estimate of drug-likeness (QED) is 0.271. The average Bonchev–Trinajstić information content (AvgIpc) is 3.64. The predicted molar refractivity (Wildman–Crippen MR) is 135 cm³/mol. The Kier molecular flexibility index (Phi) is 6.86. The maximum atomic E-state index is 4.89. The van der Waals surface area contributed by atoms with Crippen LogP contribution in [0, 0.1) is 0 Å². The van der Waals surface area contributed by atoms with Gasteiger partial charge in [0.05, 0.1) is 6.54 Å². The molecule has 172 valence electrons. The highest BCUT2D eigenvalue weighted by Gasteiger charge is 2.13. The first kappa shape index (κ1) is 22.2. The molecule has 5 rings (SSSR count). The predicted octanol–water partition coefficient (Wildman–Crippen LogP) is 5.56. The molecular formula is C26H27N7S. The summed E-state index contributed by atoms with van der Waals surface area (Å²) in [6, 6.07) is 21.0. The first-order valence-corrected chi connectivity index (χ1v) is 12.5. The van der Waals surface area contributed by atoms with Gasteiger partial charge in [0.2, 0.25) is 5.82 Å². The van der Waals surface area contributed by atoms with Crippen LogP contribution in [0.1, 0.15) is 48.3 Å². The summed E-state index contributed by atoms with van der Waals surface area (Å²) in [7, 11) is 0. The average molecular weight is 470 g/mol. The molecule has 0 aliphatic rings. The number of benzene rings is 2. The van der Waals surface area contributed by atoms with Crippen molar-refractivity contribution < 1.29 is 0 Å². The minimum absolute atomic E-state index is 0.595. The molecule has 0 amide bonds. The number of H-pyrrole nitrogens is 1. The number of nitrogens with zero attached hydrogens (tertiary/aromatic N) is 6. The molecular weight excluding hydrogens is 442 g/mol. The number of aromatic amines is 1. The zero-order valence-corrected chi connectivity index (χ0v) is 20.0. The molecule has 0 aliphatic heterocycles. The van der Waals surface area contributed by atoms with Gasteiger partial charge in [0, 0.05) is 23.3 Å². The minimum atomic E-state index is 0.595. The fourth-order valence-corrected chi connectivity index (χ4v) is 4.78. The van der Waals surface area contributed by atoms with E-state index in [1.807, 2.05) is 18.2 Å². The summed E-state index contributed by atoms with van der Waals surface area (Å²) in [5.41, 5.74) is 4.35. The van der Waals surface area contributed by atoms with Crippen LogP contribution in [0.2, 0.25) is 0 Å². The van der Waals surface area contributed by atoms with E-state index in [1.165, 1.54) is 23.3 Å². The molecule has 2 aromatic carbocycles. The van der Waals surface area contributed by atoms with Crippen LogP contribution in [-0.2, 0) is 19.4 Å². The SMILES string of the molecule is CCCCCc1nc(Cc2cccs2)nn1Cc1ccc(-c2ccccc2-c2nn[nH]n2)cc1. The Hall–Kier alpha value is -3.65. The molecule has 0 atom stereocenters. The van der Waals surface area contributed by atoms with Crippen LogP contribution in [-0.4, -0.2) is 35.4 Å². The number of tetrazole rings is 1. The first-order chi connectivity index (χ1) is 16.8. The second-order valence-corrected chi connectivity index (χ2v) is 9.33. The van der Waals surface area contributed by atoms with Crippen molar-refractivity contribution in [1.82, 2.24) is 35.4 Å². The third-order valence-electron chi connectivity index (χ3n) is 5.82. The van der Waals surface area contributed by atoms with Crippen LogP contribution in [0.3, 0.4) is 0 Å². The number of thiophene rings is 1. The monoisotopic (exact) mass is 469 g/mol. The number of rotatable bonds is 10. The van der Waals surface area contributed by atoms with Gasteiger partial charge >= 0.3 is 0 Å². The van der Waals surface area contributed by atoms with E-state index in [4.69, 9.17) is 10.1 Å². The van der Waals surface area contributed by atoms with Crippen molar-refractivity contribution >= 4 is 11.3 Å². The first-order valence-electron chi connectivity index (χ1n) is 11.7. The molecule has 5 aromatic rings. The molecule has 8 heteroatoms. The number of aryl methyl sites for hydroxylation is 1. The van der Waals surface area contributed by atoms with E-state index in [0.29, 0.717) is 12.4 Å². The molecule has 0 aliphatic carbocycles. The van der Waals surface area contributed by atoms with Gasteiger partial charge in [-0.05, 0) is 39.8 Å². The molecule has 3 heterocycles. The van der Waals surface area contributed by atoms with Gasteiger partial charge in [-0.2, -0.15) is 10.3 Å². The summed E-state index contributed by atoms with van der Waals surface area (Å²) >= 11 is 1.75. The summed E-state index contributed by atoms with van der Waals surface area (Å²) < 4.78 is 2.08. The van der Waals surface area contributed by atoms with Gasteiger partial charge in [-0.15, -0.1) is 21.5 Å². The van der Waals surface area contributed by atoms with Gasteiger partial charge in [-0.3, -0.25) is 0 Å². The van der Waals surface area contributed by atoms with Crippen molar-refractivity contribution in [3.05, 3.63) is 88.1 Å². The Labute approximate surface area is 202 Å². The van der Waals surface area contributed by atoms with Gasteiger partial charge in [0.1, 0.15) is 5.82 Å². The van der Waals surface area contributed by atoms with E-state index < -0.39 is 0 Å². The number of hydrogen-bond acceptors (Lipinski definition) is 6. The van der Waals surface area contributed by atoms with Gasteiger partial charge < -0.3 is 0 Å². The largest absolute Gasteiger partial charge is 0.245 e. The second-order valence-electron chi connectivity index (χ2n) is 8.29. The van der Waals surface area contributed by atoms with E-state index in [0.717, 1.165) is 47.6 Å². The highest BCUT2D eigenvalue weighted by atomic mass is 32.1. The molecule has 3 aromatic heterocycles. The molecule has 0 fully saturated rings. The Balaban J connectivity index is 1.37. The van der Waals surface area contributed by atoms with Gasteiger partial charge in [-0.25, -0.2) is 9.67 Å². The van der Waals surface area contributed by atoms with Crippen LogP contribution in [0.15, 0.2) is 66.0 Å². The molecule has 0 unspecified atom stereocenters. The maximum Gasteiger partial charge on any atom is 0.205 e. The van der Waals surface area contributed by atoms with E-state index in [9.17, 15) is 0 Å². The molecule has 0 saturated heterocycles. The molecule has 34 heavy (non-hydrogen) atoms. The summed E-state index contributed by atoms with van der Waals surface area (Å²) in [5, 5.41) is 21.5. The third-order valence-corrected chi connectivity index (χ3v) is 6.70. The van der Waals surface area contributed by atoms with Crippen LogP contribution >= 0.6 is 11.3 Å². The van der Waals surface area contributed by atoms with Crippen LogP contribution in [0.4, 0.5) is 0 Å². The summed E-state index contributed by atoms with van der Waals surface area (Å²) in [4.78, 5) is 6.19. The molecule has 0 bridgehead atoms. The summed E-state index contributed by atoms with van der Waals surface area (Å²) in [6.07, 6.45) is 5.29. The Morgan fingerprint density at radius 1 is 0.941 bits per heavy atom. The standard InChI is InChI=1S/C26H27N7S/c1-2-3-4-11-25-27-24(17-21-8-7-16-34-21)30-33(25)18-19-12-14-20(15-13-19)22-9-5-6-10-23(22)26-28-31-32-29-26/h5-10,12-16H,2-4,11,17-18H2,1H3,(H,28,29,31,32). The van der Waals surface area contributed by atoms with Crippen molar-refractivity contribution in [2.75, 3.05) is 0 Å². The molecule has 0 saturated carbocycles. The van der Waals surface area contributed by atoms with Crippen molar-refractivity contribution in [2.24, 2.45) is 0 Å². The lowest BCUT2D eigenvalue weighted by atomic mass is 9.98. The molecule has 0 spiro atoms. The Bertz CT molecular complexity index is 1310. The van der Waals surface area contributed by atoms with E-state index in [-0.39, 0.29) is 0 Å². The number of aromatic nitrogens is 7. The third kappa shape index (κ3) is 5.12. The molecule has 1 N–H and O–H groups in total. The number of unbranched alkanes of at least 4 members (excludes halogenated alkanes) is 2. The van der Waals surface area contributed by atoms with Gasteiger partial charge in [0.25, 0.3) is 0 Å². The lowest BCUT2D eigenvalue weighted by Crippen LogP contribution is -2.07. The highest BCUT2D eigenvalue weighted by molar-refractivity contribution is 7.09. The smallest absolute Gasteiger partial charge is 0.205 e. The second kappa shape index (κ2) is 10.5. The van der Waals surface area contributed by atoms with Crippen molar-refractivity contribution in [3.63, 3.8) is 0 Å². The lowest BCUT2D eigenvalue weighted by molar-refractivity contribution is 0.605. The Morgan fingerprint density at radius 3 is 2.53 bits per heavy atom. The van der Waals surface area contributed by atoms with Crippen LogP contribution in [0.5, 0.6) is 0 Å². The zero-order valence-electron chi connectivity index (χ0n) is 19.2.